The van der Waals surface area contributed by atoms with Crippen LogP contribution in [0.15, 0.2) is 75.6 Å². The van der Waals surface area contributed by atoms with Gasteiger partial charge in [-0.3, -0.25) is 0 Å². The van der Waals surface area contributed by atoms with Crippen LogP contribution in [0.3, 0.4) is 0 Å². The molecule has 0 fully saturated rings. The predicted octanol–water partition coefficient (Wildman–Crippen LogP) is 6.90. The van der Waals surface area contributed by atoms with E-state index in [-0.39, 0.29) is 10.8 Å². The summed E-state index contributed by atoms with van der Waals surface area (Å²) in [5.74, 6) is 1.92. The lowest BCUT2D eigenvalue weighted by Gasteiger charge is -2.18. The van der Waals surface area contributed by atoms with Crippen molar-refractivity contribution < 1.29 is 8.83 Å². The summed E-state index contributed by atoms with van der Waals surface area (Å²) in [6, 6.07) is 21.9. The molecule has 41 heavy (non-hydrogen) atoms. The zero-order chi connectivity index (χ0) is 28.8. The van der Waals surface area contributed by atoms with E-state index in [2.05, 4.69) is 107 Å². The van der Waals surface area contributed by atoms with Crippen molar-refractivity contribution >= 4 is 0 Å². The smallest absolute Gasteiger partial charge is 0.248 e. The molecule has 6 rings (SSSR count). The number of hydrogen-bond donors (Lipinski definition) is 1. The number of nitrogens with one attached hydrogen (secondary N) is 1. The van der Waals surface area contributed by atoms with E-state index < -0.39 is 0 Å². The summed E-state index contributed by atoms with van der Waals surface area (Å²) < 4.78 is 12.2. The van der Waals surface area contributed by atoms with Gasteiger partial charge in [0.15, 0.2) is 0 Å². The largest absolute Gasteiger partial charge is 0.416 e. The van der Waals surface area contributed by atoms with Crippen molar-refractivity contribution in [2.24, 2.45) is 0 Å². The SMILES string of the molecule is CC(C)(C)c1ccc(-c2nnc(-c3cc(-c4nn[nH]n4)cc(-c4nnc(-c5ccc(C(C)(C)C)cc5)o4)c3)o2)cc1. The molecule has 0 spiro atoms. The maximum Gasteiger partial charge on any atom is 0.248 e. The fourth-order valence-electron chi connectivity index (χ4n) is 4.43. The third-order valence-electron chi connectivity index (χ3n) is 6.88. The first-order valence-electron chi connectivity index (χ1n) is 13.3. The van der Waals surface area contributed by atoms with Crippen LogP contribution in [-0.4, -0.2) is 41.0 Å². The summed E-state index contributed by atoms with van der Waals surface area (Å²) in [5.41, 5.74) is 6.21. The molecule has 3 aromatic heterocycles. The Bertz CT molecular complexity index is 1670. The third kappa shape index (κ3) is 5.41. The van der Waals surface area contributed by atoms with Crippen molar-refractivity contribution in [3.63, 3.8) is 0 Å². The zero-order valence-corrected chi connectivity index (χ0v) is 23.8. The number of aromatic amines is 1. The second-order valence-corrected chi connectivity index (χ2v) is 12.0. The third-order valence-corrected chi connectivity index (χ3v) is 6.88. The van der Waals surface area contributed by atoms with E-state index in [4.69, 9.17) is 8.83 Å². The minimum absolute atomic E-state index is 0.0506. The lowest BCUT2D eigenvalue weighted by atomic mass is 9.87. The molecule has 1 N–H and O–H groups in total. The second kappa shape index (κ2) is 9.88. The minimum Gasteiger partial charge on any atom is -0.416 e. The van der Waals surface area contributed by atoms with Crippen LogP contribution in [0.5, 0.6) is 0 Å². The molecule has 0 bridgehead atoms. The van der Waals surface area contributed by atoms with Crippen LogP contribution in [0.2, 0.25) is 0 Å². The summed E-state index contributed by atoms with van der Waals surface area (Å²) in [7, 11) is 0. The maximum atomic E-state index is 6.10. The lowest BCUT2D eigenvalue weighted by Crippen LogP contribution is -2.10. The molecule has 6 aromatic rings. The van der Waals surface area contributed by atoms with Gasteiger partial charge in [0, 0.05) is 27.8 Å². The fraction of sp³-hybridized carbons (Fsp3) is 0.258. The number of hydrogen-bond acceptors (Lipinski definition) is 9. The number of rotatable bonds is 5. The average Bonchev–Trinajstić information content (AvgIpc) is 3.74. The molecule has 0 amide bonds. The molecular formula is C31H30N8O2. The Kier molecular flexibility index (Phi) is 6.33. The minimum atomic E-state index is 0.0506. The van der Waals surface area contributed by atoms with E-state index in [9.17, 15) is 0 Å². The Hall–Kier alpha value is -4.99. The Morgan fingerprint density at radius 3 is 1.24 bits per heavy atom. The summed E-state index contributed by atoms with van der Waals surface area (Å²) in [6.07, 6.45) is 0. The monoisotopic (exact) mass is 546 g/mol. The van der Waals surface area contributed by atoms with Crippen LogP contribution in [-0.2, 0) is 10.8 Å². The Morgan fingerprint density at radius 1 is 0.488 bits per heavy atom. The summed E-state index contributed by atoms with van der Waals surface area (Å²) in [4.78, 5) is 0. The van der Waals surface area contributed by atoms with Gasteiger partial charge < -0.3 is 8.83 Å². The molecule has 0 saturated heterocycles. The van der Waals surface area contributed by atoms with E-state index in [1.165, 1.54) is 11.1 Å². The van der Waals surface area contributed by atoms with Gasteiger partial charge in [-0.05, 0) is 69.6 Å². The van der Waals surface area contributed by atoms with Crippen molar-refractivity contribution in [1.82, 2.24) is 41.0 Å². The topological polar surface area (TPSA) is 132 Å². The van der Waals surface area contributed by atoms with Gasteiger partial charge in [0.05, 0.1) is 0 Å². The van der Waals surface area contributed by atoms with Crippen molar-refractivity contribution in [2.45, 2.75) is 52.4 Å². The molecule has 0 aliphatic carbocycles. The average molecular weight is 547 g/mol. The van der Waals surface area contributed by atoms with Crippen molar-refractivity contribution in [2.75, 3.05) is 0 Å². The van der Waals surface area contributed by atoms with E-state index in [0.717, 1.165) is 11.1 Å². The number of nitrogens with zero attached hydrogens (tertiary/aromatic N) is 7. The number of aromatic nitrogens is 8. The first kappa shape index (κ1) is 26.2. The van der Waals surface area contributed by atoms with Gasteiger partial charge in [0.25, 0.3) is 0 Å². The Labute approximate surface area is 237 Å². The molecule has 0 atom stereocenters. The van der Waals surface area contributed by atoms with Crippen molar-refractivity contribution in [3.8, 4) is 57.2 Å². The van der Waals surface area contributed by atoms with Gasteiger partial charge in [-0.1, -0.05) is 65.8 Å². The molecule has 3 heterocycles. The van der Waals surface area contributed by atoms with Gasteiger partial charge in [0.1, 0.15) is 0 Å². The number of benzene rings is 3. The normalized spacial score (nSPS) is 12.1. The summed E-state index contributed by atoms with van der Waals surface area (Å²) in [5, 5.41) is 31.7. The molecule has 0 unspecified atom stereocenters. The van der Waals surface area contributed by atoms with Crippen LogP contribution in [0.1, 0.15) is 52.7 Å². The molecule has 206 valence electrons. The quantitative estimate of drug-likeness (QED) is 0.245. The standard InChI is InChI=1S/C31H30N8O2/c1-30(2,3)23-11-7-18(8-12-23)26-34-36-28(40-26)21-15-20(25-32-38-39-33-25)16-22(17-21)29-37-35-27(41-29)19-9-13-24(14-10-19)31(4,5)6/h7-17H,1-6H3,(H,32,33,38,39). The lowest BCUT2D eigenvalue weighted by molar-refractivity contribution is 0.580. The highest BCUT2D eigenvalue weighted by Crippen LogP contribution is 2.34. The Balaban J connectivity index is 1.35. The highest BCUT2D eigenvalue weighted by atomic mass is 16.4. The van der Waals surface area contributed by atoms with Gasteiger partial charge >= 0.3 is 0 Å². The van der Waals surface area contributed by atoms with Crippen LogP contribution in [0, 0.1) is 0 Å². The van der Waals surface area contributed by atoms with E-state index >= 15 is 0 Å². The predicted molar refractivity (Wildman–Crippen MR) is 154 cm³/mol. The van der Waals surface area contributed by atoms with Crippen molar-refractivity contribution in [3.05, 3.63) is 77.9 Å². The molecule has 10 nitrogen and oxygen atoms in total. The zero-order valence-electron chi connectivity index (χ0n) is 23.8. The van der Waals surface area contributed by atoms with Crippen LogP contribution >= 0.6 is 0 Å². The molecule has 0 aliphatic heterocycles. The molecular weight excluding hydrogens is 516 g/mol. The van der Waals surface area contributed by atoms with Gasteiger partial charge in [-0.15, -0.1) is 30.6 Å². The molecule has 3 aromatic carbocycles. The molecule has 0 radical (unpaired) electrons. The van der Waals surface area contributed by atoms with Crippen LogP contribution in [0.4, 0.5) is 0 Å². The van der Waals surface area contributed by atoms with Crippen LogP contribution < -0.4 is 0 Å². The first-order chi connectivity index (χ1) is 19.5. The van der Waals surface area contributed by atoms with Gasteiger partial charge in [-0.25, -0.2) is 0 Å². The van der Waals surface area contributed by atoms with Crippen molar-refractivity contribution in [1.29, 1.82) is 0 Å². The molecule has 10 heteroatoms. The molecule has 0 saturated carbocycles. The second-order valence-electron chi connectivity index (χ2n) is 12.0. The Morgan fingerprint density at radius 2 is 0.878 bits per heavy atom. The van der Waals surface area contributed by atoms with E-state index in [0.29, 0.717) is 46.1 Å². The van der Waals surface area contributed by atoms with E-state index in [1.54, 1.807) is 0 Å². The number of H-pyrrole nitrogens is 1. The van der Waals surface area contributed by atoms with Crippen LogP contribution in [0.25, 0.3) is 57.2 Å². The first-order valence-corrected chi connectivity index (χ1v) is 13.3. The van der Waals surface area contributed by atoms with Gasteiger partial charge in [0.2, 0.25) is 29.4 Å². The number of tetrazole rings is 1. The maximum absolute atomic E-state index is 6.10. The fourth-order valence-corrected chi connectivity index (χ4v) is 4.43. The van der Waals surface area contributed by atoms with E-state index in [1.807, 2.05) is 42.5 Å². The summed E-state index contributed by atoms with van der Waals surface area (Å²) in [6.45, 7) is 13.1. The highest BCUT2D eigenvalue weighted by Gasteiger charge is 2.20. The molecule has 0 aliphatic rings. The van der Waals surface area contributed by atoms with Gasteiger partial charge in [-0.2, -0.15) is 5.21 Å². The highest BCUT2D eigenvalue weighted by molar-refractivity contribution is 5.74. The summed E-state index contributed by atoms with van der Waals surface area (Å²) >= 11 is 0.